The fourth-order valence-electron chi connectivity index (χ4n) is 2.51. The molecule has 144 valence electrons. The van der Waals surface area contributed by atoms with Gasteiger partial charge in [0, 0.05) is 12.1 Å². The molecule has 0 aliphatic carbocycles. The number of carbonyl (C=O) groups excluding carboxylic acids is 2. The number of aromatic nitrogens is 4. The van der Waals surface area contributed by atoms with Gasteiger partial charge in [0.05, 0.1) is 11.3 Å². The molecule has 2 aromatic carbocycles. The summed E-state index contributed by atoms with van der Waals surface area (Å²) in [5.41, 5.74) is 1.67. The third kappa shape index (κ3) is 5.00. The molecule has 3 aromatic rings. The molecule has 0 fully saturated rings. The van der Waals surface area contributed by atoms with Crippen molar-refractivity contribution in [3.8, 4) is 11.4 Å². The first-order chi connectivity index (χ1) is 13.5. The molecule has 3 rings (SSSR count). The quantitative estimate of drug-likeness (QED) is 0.657. The summed E-state index contributed by atoms with van der Waals surface area (Å²) in [4.78, 5) is 26.0. The number of hydrogen-bond donors (Lipinski definition) is 2. The molecule has 8 heteroatoms. The minimum Gasteiger partial charge on any atom is -0.352 e. The van der Waals surface area contributed by atoms with Gasteiger partial charge in [0.1, 0.15) is 6.54 Å². The number of rotatable bonds is 7. The van der Waals surface area contributed by atoms with Crippen LogP contribution in [0.15, 0.2) is 54.6 Å². The second-order valence-electron chi connectivity index (χ2n) is 6.71. The molecule has 0 radical (unpaired) electrons. The van der Waals surface area contributed by atoms with Gasteiger partial charge in [-0.15, -0.1) is 10.2 Å². The number of nitrogens with zero attached hydrogens (tertiary/aromatic N) is 4. The molecule has 0 atom stereocenters. The van der Waals surface area contributed by atoms with E-state index in [0.717, 1.165) is 5.56 Å². The van der Waals surface area contributed by atoms with Crippen molar-refractivity contribution in [2.75, 3.05) is 11.9 Å². The molecule has 1 heterocycles. The lowest BCUT2D eigenvalue weighted by Gasteiger charge is -2.12. The smallest absolute Gasteiger partial charge is 0.253 e. The molecular weight excluding hydrogens is 356 g/mol. The van der Waals surface area contributed by atoms with Gasteiger partial charge in [-0.05, 0) is 23.3 Å². The molecule has 0 saturated heterocycles. The van der Waals surface area contributed by atoms with Crippen molar-refractivity contribution in [3.63, 3.8) is 0 Å². The van der Waals surface area contributed by atoms with Crippen LogP contribution in [0.1, 0.15) is 24.2 Å². The summed E-state index contributed by atoms with van der Waals surface area (Å²) in [6.45, 7) is 4.49. The highest BCUT2D eigenvalue weighted by molar-refractivity contribution is 6.03. The molecular formula is C20H22N6O2. The number of hydrogen-bond acceptors (Lipinski definition) is 5. The molecule has 0 bridgehead atoms. The second-order valence-corrected chi connectivity index (χ2v) is 6.71. The Morgan fingerprint density at radius 1 is 1.04 bits per heavy atom. The van der Waals surface area contributed by atoms with Crippen LogP contribution in [-0.4, -0.2) is 38.6 Å². The molecule has 0 aliphatic rings. The Balaban J connectivity index is 1.66. The van der Waals surface area contributed by atoms with Crippen LogP contribution >= 0.6 is 0 Å². The van der Waals surface area contributed by atoms with Crippen molar-refractivity contribution in [1.29, 1.82) is 0 Å². The van der Waals surface area contributed by atoms with Crippen LogP contribution in [0.25, 0.3) is 11.4 Å². The van der Waals surface area contributed by atoms with Gasteiger partial charge in [0.2, 0.25) is 11.7 Å². The van der Waals surface area contributed by atoms with E-state index in [0.29, 0.717) is 29.5 Å². The van der Waals surface area contributed by atoms with E-state index in [1.165, 1.54) is 4.80 Å². The first-order valence-corrected chi connectivity index (χ1v) is 9.03. The summed E-state index contributed by atoms with van der Waals surface area (Å²) in [6, 6.07) is 16.3. The summed E-state index contributed by atoms with van der Waals surface area (Å²) in [5, 5.41) is 17.7. The van der Waals surface area contributed by atoms with E-state index in [4.69, 9.17) is 0 Å². The van der Waals surface area contributed by atoms with Crippen molar-refractivity contribution in [2.45, 2.75) is 20.4 Å². The number of para-hydroxylation sites is 1. The SMILES string of the molecule is CC(C)CNC(=O)c1ccccc1NC(=O)Cn1nnc(-c2ccccc2)n1. The number of tetrazole rings is 1. The highest BCUT2D eigenvalue weighted by Gasteiger charge is 2.14. The molecule has 0 spiro atoms. The lowest BCUT2D eigenvalue weighted by atomic mass is 10.1. The second kappa shape index (κ2) is 8.90. The Morgan fingerprint density at radius 3 is 2.50 bits per heavy atom. The summed E-state index contributed by atoms with van der Waals surface area (Å²) < 4.78 is 0. The van der Waals surface area contributed by atoms with E-state index in [9.17, 15) is 9.59 Å². The molecule has 28 heavy (non-hydrogen) atoms. The van der Waals surface area contributed by atoms with Crippen LogP contribution in [-0.2, 0) is 11.3 Å². The Labute approximate surface area is 163 Å². The Morgan fingerprint density at radius 2 is 1.75 bits per heavy atom. The van der Waals surface area contributed by atoms with Gasteiger partial charge in [0.15, 0.2) is 0 Å². The first-order valence-electron chi connectivity index (χ1n) is 9.03. The summed E-state index contributed by atoms with van der Waals surface area (Å²) >= 11 is 0. The zero-order valence-corrected chi connectivity index (χ0v) is 15.8. The van der Waals surface area contributed by atoms with E-state index in [-0.39, 0.29) is 18.4 Å². The van der Waals surface area contributed by atoms with Gasteiger partial charge < -0.3 is 10.6 Å². The Bertz CT molecular complexity index is 952. The maximum absolute atomic E-state index is 12.4. The molecule has 1 aromatic heterocycles. The van der Waals surface area contributed by atoms with Crippen LogP contribution < -0.4 is 10.6 Å². The first kappa shape index (κ1) is 19.2. The highest BCUT2D eigenvalue weighted by atomic mass is 16.2. The molecule has 0 aliphatic heterocycles. The average molecular weight is 378 g/mol. The van der Waals surface area contributed by atoms with E-state index < -0.39 is 0 Å². The van der Waals surface area contributed by atoms with Crippen LogP contribution in [0, 0.1) is 5.92 Å². The third-order valence-electron chi connectivity index (χ3n) is 3.89. The Hall–Kier alpha value is -3.55. The highest BCUT2D eigenvalue weighted by Crippen LogP contribution is 2.15. The van der Waals surface area contributed by atoms with Gasteiger partial charge in [-0.25, -0.2) is 0 Å². The van der Waals surface area contributed by atoms with Crippen molar-refractivity contribution in [3.05, 3.63) is 60.2 Å². The van der Waals surface area contributed by atoms with E-state index in [1.54, 1.807) is 24.3 Å². The topological polar surface area (TPSA) is 102 Å². The van der Waals surface area contributed by atoms with Crippen molar-refractivity contribution < 1.29 is 9.59 Å². The van der Waals surface area contributed by atoms with Crippen molar-refractivity contribution in [1.82, 2.24) is 25.5 Å². The van der Waals surface area contributed by atoms with Gasteiger partial charge in [-0.2, -0.15) is 4.80 Å². The van der Waals surface area contributed by atoms with E-state index in [2.05, 4.69) is 26.0 Å². The summed E-state index contributed by atoms with van der Waals surface area (Å²) in [7, 11) is 0. The molecule has 2 amide bonds. The van der Waals surface area contributed by atoms with Gasteiger partial charge in [0.25, 0.3) is 5.91 Å². The predicted molar refractivity (Wildman–Crippen MR) is 105 cm³/mol. The van der Waals surface area contributed by atoms with Crippen molar-refractivity contribution >= 4 is 17.5 Å². The average Bonchev–Trinajstić information content (AvgIpc) is 3.15. The fourth-order valence-corrected chi connectivity index (χ4v) is 2.51. The maximum Gasteiger partial charge on any atom is 0.253 e. The van der Waals surface area contributed by atoms with Gasteiger partial charge >= 0.3 is 0 Å². The molecule has 8 nitrogen and oxygen atoms in total. The standard InChI is InChI=1S/C20H22N6O2/c1-14(2)12-21-20(28)16-10-6-7-11-17(16)22-18(27)13-26-24-19(23-25-26)15-8-4-3-5-9-15/h3-11,14H,12-13H2,1-2H3,(H,21,28)(H,22,27). The lowest BCUT2D eigenvalue weighted by Crippen LogP contribution is -2.29. The molecule has 0 unspecified atom stereocenters. The zero-order valence-electron chi connectivity index (χ0n) is 15.8. The minimum absolute atomic E-state index is 0.109. The predicted octanol–water partition coefficient (Wildman–Crippen LogP) is 2.36. The third-order valence-corrected chi connectivity index (χ3v) is 3.89. The number of anilines is 1. The number of carbonyl (C=O) groups is 2. The number of nitrogens with one attached hydrogen (secondary N) is 2. The van der Waals surface area contributed by atoms with Crippen LogP contribution in [0.4, 0.5) is 5.69 Å². The Kier molecular flexibility index (Phi) is 6.11. The summed E-state index contributed by atoms with van der Waals surface area (Å²) in [5.74, 6) is 0.209. The number of amides is 2. The molecule has 2 N–H and O–H groups in total. The van der Waals surface area contributed by atoms with Gasteiger partial charge in [-0.1, -0.05) is 56.3 Å². The largest absolute Gasteiger partial charge is 0.352 e. The van der Waals surface area contributed by atoms with Crippen LogP contribution in [0.3, 0.4) is 0 Å². The van der Waals surface area contributed by atoms with Crippen LogP contribution in [0.2, 0.25) is 0 Å². The lowest BCUT2D eigenvalue weighted by molar-refractivity contribution is -0.117. The molecule has 0 saturated carbocycles. The van der Waals surface area contributed by atoms with Crippen molar-refractivity contribution in [2.24, 2.45) is 5.92 Å². The van der Waals surface area contributed by atoms with Crippen LogP contribution in [0.5, 0.6) is 0 Å². The monoisotopic (exact) mass is 378 g/mol. The van der Waals surface area contributed by atoms with E-state index in [1.807, 2.05) is 44.2 Å². The normalized spacial score (nSPS) is 10.7. The zero-order chi connectivity index (χ0) is 19.9. The maximum atomic E-state index is 12.4. The minimum atomic E-state index is -0.346. The summed E-state index contributed by atoms with van der Waals surface area (Å²) in [6.07, 6.45) is 0. The van der Waals surface area contributed by atoms with Gasteiger partial charge in [-0.3, -0.25) is 9.59 Å². The number of benzene rings is 2. The fraction of sp³-hybridized carbons (Fsp3) is 0.250. The van der Waals surface area contributed by atoms with E-state index >= 15 is 0 Å².